The zero-order valence-corrected chi connectivity index (χ0v) is 12.0. The largest absolute Gasteiger partial charge is 0.363 e. The number of hydrogen-bond donors (Lipinski definition) is 1. The Bertz CT molecular complexity index is 567. The van der Waals surface area contributed by atoms with Crippen LogP contribution in [0.25, 0.3) is 0 Å². The third-order valence-corrected chi connectivity index (χ3v) is 4.37. The van der Waals surface area contributed by atoms with E-state index in [9.17, 15) is 9.59 Å². The summed E-state index contributed by atoms with van der Waals surface area (Å²) < 4.78 is 0. The quantitative estimate of drug-likeness (QED) is 0.892. The highest BCUT2D eigenvalue weighted by Crippen LogP contribution is 2.28. The molecule has 6 heteroatoms. The van der Waals surface area contributed by atoms with Crippen molar-refractivity contribution in [1.29, 1.82) is 0 Å². The van der Waals surface area contributed by atoms with Gasteiger partial charge in [-0.2, -0.15) is 0 Å². The van der Waals surface area contributed by atoms with Crippen LogP contribution in [-0.4, -0.2) is 33.2 Å². The molecule has 1 fully saturated rings. The number of fused-ring (bicyclic) bond motifs is 1. The van der Waals surface area contributed by atoms with Gasteiger partial charge in [-0.05, 0) is 25.2 Å². The van der Waals surface area contributed by atoms with Crippen LogP contribution in [0, 0.1) is 12.1 Å². The van der Waals surface area contributed by atoms with Gasteiger partial charge in [0.1, 0.15) is 0 Å². The minimum Gasteiger partial charge on any atom is -0.363 e. The number of primary amides is 1. The van der Waals surface area contributed by atoms with Gasteiger partial charge in [0.25, 0.3) is 5.91 Å². The number of nitrogens with zero attached hydrogens (tertiary/aromatic N) is 3. The maximum Gasteiger partial charge on any atom is 0.286 e. The van der Waals surface area contributed by atoms with Crippen LogP contribution in [0.3, 0.4) is 0 Å². The van der Waals surface area contributed by atoms with Crippen molar-refractivity contribution in [2.75, 3.05) is 6.54 Å². The molecule has 1 aromatic rings. The Morgan fingerprint density at radius 1 is 1.33 bits per heavy atom. The molecule has 6 nitrogen and oxygen atoms in total. The van der Waals surface area contributed by atoms with E-state index in [1.807, 2.05) is 4.90 Å². The molecule has 0 saturated heterocycles. The lowest BCUT2D eigenvalue weighted by Crippen LogP contribution is -2.37. The Morgan fingerprint density at radius 3 is 2.81 bits per heavy atom. The molecule has 0 unspecified atom stereocenters. The van der Waals surface area contributed by atoms with Gasteiger partial charge in [0, 0.05) is 18.5 Å². The van der Waals surface area contributed by atoms with Crippen molar-refractivity contribution < 1.29 is 9.59 Å². The van der Waals surface area contributed by atoms with E-state index in [1.165, 1.54) is 12.8 Å². The van der Waals surface area contributed by atoms with E-state index in [2.05, 4.69) is 16.2 Å². The summed E-state index contributed by atoms with van der Waals surface area (Å²) in [5, 5.41) is 0. The summed E-state index contributed by atoms with van der Waals surface area (Å²) in [6, 6.07) is 0. The highest BCUT2D eigenvalue weighted by molar-refractivity contribution is 5.88. The number of nitrogens with two attached hydrogens (primary N) is 1. The predicted octanol–water partition coefficient (Wildman–Crippen LogP) is 0.841. The van der Waals surface area contributed by atoms with E-state index in [1.54, 1.807) is 0 Å². The molecule has 1 aliphatic heterocycles. The average Bonchev–Trinajstić information content (AvgIpc) is 2.98. The van der Waals surface area contributed by atoms with Gasteiger partial charge in [0.15, 0.2) is 0 Å². The number of aromatic nitrogens is 2. The van der Waals surface area contributed by atoms with Gasteiger partial charge in [-0.1, -0.05) is 12.8 Å². The molecule has 2 amide bonds. The zero-order valence-electron chi connectivity index (χ0n) is 12.0. The summed E-state index contributed by atoms with van der Waals surface area (Å²) >= 11 is 0. The molecule has 1 aliphatic carbocycles. The Hall–Kier alpha value is -1.98. The van der Waals surface area contributed by atoms with Crippen LogP contribution in [0.4, 0.5) is 0 Å². The Kier molecular flexibility index (Phi) is 3.86. The van der Waals surface area contributed by atoms with Crippen LogP contribution in [-0.2, 0) is 17.8 Å². The monoisotopic (exact) mass is 287 g/mol. The number of carbonyl (C=O) groups is 2. The molecule has 1 aromatic heterocycles. The minimum atomic E-state index is -0.663. The highest BCUT2D eigenvalue weighted by Gasteiger charge is 2.26. The molecule has 0 atom stereocenters. The first-order valence-corrected chi connectivity index (χ1v) is 7.48. The highest BCUT2D eigenvalue weighted by atomic mass is 16.2. The Labute approximate surface area is 123 Å². The molecular formula is C15H19N4O2. The van der Waals surface area contributed by atoms with Crippen molar-refractivity contribution in [3.8, 4) is 0 Å². The molecule has 2 N–H and O–H groups in total. The summed E-state index contributed by atoms with van der Waals surface area (Å²) in [5.74, 6) is 0.0334. The topological polar surface area (TPSA) is 89.2 Å². The molecule has 1 saturated carbocycles. The molecule has 2 heterocycles. The zero-order chi connectivity index (χ0) is 14.8. The fraction of sp³-hybridized carbons (Fsp3) is 0.600. The lowest BCUT2D eigenvalue weighted by molar-refractivity contribution is -0.133. The van der Waals surface area contributed by atoms with Gasteiger partial charge in [-0.15, -0.1) is 0 Å². The normalized spacial score (nSPS) is 18.6. The SMILES string of the molecule is NC(=O)c1n[c]c2c(n1)CN(C(=O)CC1CCCC1)CC2. The summed E-state index contributed by atoms with van der Waals surface area (Å²) in [6.07, 6.45) is 8.95. The average molecular weight is 287 g/mol. The van der Waals surface area contributed by atoms with Crippen LogP contribution in [0.1, 0.15) is 54.0 Å². The van der Waals surface area contributed by atoms with E-state index in [4.69, 9.17) is 5.73 Å². The second kappa shape index (κ2) is 5.79. The molecule has 21 heavy (non-hydrogen) atoms. The first-order valence-electron chi connectivity index (χ1n) is 7.48. The Balaban J connectivity index is 1.69. The second-order valence-corrected chi connectivity index (χ2v) is 5.87. The molecule has 0 spiro atoms. The Morgan fingerprint density at radius 2 is 2.10 bits per heavy atom. The summed E-state index contributed by atoms with van der Waals surface area (Å²) in [4.78, 5) is 33.3. The van der Waals surface area contributed by atoms with Crippen LogP contribution in [0.2, 0.25) is 0 Å². The van der Waals surface area contributed by atoms with Crippen molar-refractivity contribution in [2.45, 2.75) is 45.1 Å². The number of amides is 2. The van der Waals surface area contributed by atoms with Gasteiger partial charge in [-0.3, -0.25) is 9.59 Å². The number of hydrogen-bond acceptors (Lipinski definition) is 4. The van der Waals surface area contributed by atoms with Crippen molar-refractivity contribution in [1.82, 2.24) is 14.9 Å². The van der Waals surface area contributed by atoms with E-state index in [0.29, 0.717) is 37.5 Å². The first kappa shape index (κ1) is 14.0. The minimum absolute atomic E-state index is 0.0289. The third-order valence-electron chi connectivity index (χ3n) is 4.37. The summed E-state index contributed by atoms with van der Waals surface area (Å²) in [6.45, 7) is 1.11. The lowest BCUT2D eigenvalue weighted by Gasteiger charge is -2.28. The van der Waals surface area contributed by atoms with Crippen LogP contribution in [0.15, 0.2) is 0 Å². The molecule has 0 bridgehead atoms. The van der Waals surface area contributed by atoms with E-state index >= 15 is 0 Å². The lowest BCUT2D eigenvalue weighted by atomic mass is 10.0. The first-order chi connectivity index (χ1) is 10.1. The van der Waals surface area contributed by atoms with Gasteiger partial charge >= 0.3 is 0 Å². The van der Waals surface area contributed by atoms with Crippen LogP contribution in [0.5, 0.6) is 0 Å². The predicted molar refractivity (Wildman–Crippen MR) is 75.1 cm³/mol. The van der Waals surface area contributed by atoms with Gasteiger partial charge in [0.05, 0.1) is 18.4 Å². The maximum atomic E-state index is 12.4. The van der Waals surface area contributed by atoms with Crippen LogP contribution < -0.4 is 5.73 Å². The molecule has 111 valence electrons. The number of rotatable bonds is 3. The number of carbonyl (C=O) groups excluding carboxylic acids is 2. The summed E-state index contributed by atoms with van der Waals surface area (Å²) in [5.41, 5.74) is 6.76. The molecular weight excluding hydrogens is 268 g/mol. The standard InChI is InChI=1S/C15H19N4O2/c16-14(21)15-17-8-11-5-6-19(9-12(11)18-15)13(20)7-10-3-1-2-4-10/h10H,1-7,9H2,(H2,16,21). The second-order valence-electron chi connectivity index (χ2n) is 5.87. The van der Waals surface area contributed by atoms with Crippen molar-refractivity contribution in [3.63, 3.8) is 0 Å². The van der Waals surface area contributed by atoms with Crippen LogP contribution >= 0.6 is 0 Å². The van der Waals surface area contributed by atoms with Gasteiger partial charge in [-0.25, -0.2) is 9.97 Å². The van der Waals surface area contributed by atoms with Crippen molar-refractivity contribution >= 4 is 11.8 Å². The molecule has 3 rings (SSSR count). The molecule has 1 radical (unpaired) electrons. The smallest absolute Gasteiger partial charge is 0.286 e. The van der Waals surface area contributed by atoms with Gasteiger partial charge in [0.2, 0.25) is 11.7 Å². The summed E-state index contributed by atoms with van der Waals surface area (Å²) in [7, 11) is 0. The molecule has 0 aromatic carbocycles. The van der Waals surface area contributed by atoms with E-state index in [0.717, 1.165) is 18.4 Å². The van der Waals surface area contributed by atoms with E-state index < -0.39 is 5.91 Å². The fourth-order valence-electron chi connectivity index (χ4n) is 3.16. The van der Waals surface area contributed by atoms with Crippen molar-refractivity contribution in [2.24, 2.45) is 11.7 Å². The maximum absolute atomic E-state index is 12.4. The third kappa shape index (κ3) is 3.04. The van der Waals surface area contributed by atoms with E-state index in [-0.39, 0.29) is 11.7 Å². The molecule has 2 aliphatic rings. The van der Waals surface area contributed by atoms with Crippen molar-refractivity contribution in [3.05, 3.63) is 23.3 Å². The van der Waals surface area contributed by atoms with Gasteiger partial charge < -0.3 is 10.6 Å². The fourth-order valence-corrected chi connectivity index (χ4v) is 3.16.